The first kappa shape index (κ1) is 11.6. The van der Waals surface area contributed by atoms with E-state index in [0.29, 0.717) is 24.3 Å². The molecule has 17 heavy (non-hydrogen) atoms. The summed E-state index contributed by atoms with van der Waals surface area (Å²) >= 11 is 0. The van der Waals surface area contributed by atoms with Gasteiger partial charge in [-0.05, 0) is 31.0 Å². The first-order valence-electron chi connectivity index (χ1n) is 5.65. The number of aryl methyl sites for hydroxylation is 1. The summed E-state index contributed by atoms with van der Waals surface area (Å²) in [4.78, 5) is 22.6. The highest BCUT2D eigenvalue weighted by molar-refractivity contribution is 6.00. The van der Waals surface area contributed by atoms with E-state index in [1.165, 1.54) is 0 Å². The average Bonchev–Trinajstić information content (AvgIpc) is 2.69. The summed E-state index contributed by atoms with van der Waals surface area (Å²) < 4.78 is 10.0. The van der Waals surface area contributed by atoms with E-state index in [1.807, 2.05) is 6.07 Å². The van der Waals surface area contributed by atoms with E-state index in [2.05, 4.69) is 0 Å². The van der Waals surface area contributed by atoms with Gasteiger partial charge in [0.1, 0.15) is 5.75 Å². The van der Waals surface area contributed by atoms with Crippen molar-refractivity contribution >= 4 is 11.8 Å². The second-order valence-electron chi connectivity index (χ2n) is 3.84. The number of esters is 1. The lowest BCUT2D eigenvalue weighted by molar-refractivity contribution is -0.145. The topological polar surface area (TPSA) is 52.6 Å². The molecule has 0 unspecified atom stereocenters. The van der Waals surface area contributed by atoms with Crippen LogP contribution in [0.4, 0.5) is 0 Å². The molecular weight excluding hydrogens is 220 g/mol. The van der Waals surface area contributed by atoms with Gasteiger partial charge in [-0.3, -0.25) is 4.79 Å². The zero-order valence-electron chi connectivity index (χ0n) is 9.69. The van der Waals surface area contributed by atoms with Crippen molar-refractivity contribution in [1.29, 1.82) is 0 Å². The van der Waals surface area contributed by atoms with E-state index < -0.39 is 5.97 Å². The van der Waals surface area contributed by atoms with Gasteiger partial charge in [0.15, 0.2) is 12.4 Å². The predicted molar refractivity (Wildman–Crippen MR) is 61.2 cm³/mol. The van der Waals surface area contributed by atoms with Gasteiger partial charge >= 0.3 is 5.97 Å². The number of Topliss-reactive ketones (excluding diaryl/α,β-unsaturated/α-hetero) is 1. The van der Waals surface area contributed by atoms with Crippen molar-refractivity contribution < 1.29 is 19.1 Å². The summed E-state index contributed by atoms with van der Waals surface area (Å²) in [6.07, 6.45) is 1.36. The normalized spacial score (nSPS) is 13.4. The van der Waals surface area contributed by atoms with E-state index in [-0.39, 0.29) is 12.4 Å². The van der Waals surface area contributed by atoms with Crippen molar-refractivity contribution in [3.05, 3.63) is 29.3 Å². The number of benzene rings is 1. The van der Waals surface area contributed by atoms with Crippen LogP contribution in [0.1, 0.15) is 29.3 Å². The van der Waals surface area contributed by atoms with Gasteiger partial charge in [-0.1, -0.05) is 6.07 Å². The second kappa shape index (κ2) is 4.99. The van der Waals surface area contributed by atoms with Crippen LogP contribution in [0, 0.1) is 0 Å². The zero-order valence-corrected chi connectivity index (χ0v) is 9.69. The smallest absolute Gasteiger partial charge is 0.344 e. The quantitative estimate of drug-likeness (QED) is 0.745. The SMILES string of the molecule is CCOC(=O)COc1ccc2c(c1)C(=O)CC2. The Morgan fingerprint density at radius 1 is 1.35 bits per heavy atom. The van der Waals surface area contributed by atoms with Gasteiger partial charge in [0, 0.05) is 12.0 Å². The van der Waals surface area contributed by atoms with Gasteiger partial charge in [-0.25, -0.2) is 4.79 Å². The maximum absolute atomic E-state index is 11.5. The third-order valence-electron chi connectivity index (χ3n) is 2.67. The third-order valence-corrected chi connectivity index (χ3v) is 2.67. The highest BCUT2D eigenvalue weighted by Crippen LogP contribution is 2.26. The lowest BCUT2D eigenvalue weighted by Crippen LogP contribution is -2.14. The van der Waals surface area contributed by atoms with E-state index in [9.17, 15) is 9.59 Å². The van der Waals surface area contributed by atoms with Gasteiger partial charge in [0.25, 0.3) is 0 Å². The van der Waals surface area contributed by atoms with Gasteiger partial charge in [0.05, 0.1) is 6.61 Å². The summed E-state index contributed by atoms with van der Waals surface area (Å²) in [6, 6.07) is 5.35. The Bertz CT molecular complexity index is 451. The molecule has 0 amide bonds. The summed E-state index contributed by atoms with van der Waals surface area (Å²) in [5.74, 6) is 0.271. The Balaban J connectivity index is 2.01. The summed E-state index contributed by atoms with van der Waals surface area (Å²) in [7, 11) is 0. The molecule has 0 spiro atoms. The van der Waals surface area contributed by atoms with Gasteiger partial charge in [0.2, 0.25) is 0 Å². The van der Waals surface area contributed by atoms with Crippen LogP contribution in [0.2, 0.25) is 0 Å². The molecule has 0 saturated carbocycles. The number of ketones is 1. The Morgan fingerprint density at radius 2 is 2.18 bits per heavy atom. The molecule has 0 aliphatic heterocycles. The van der Waals surface area contributed by atoms with Crippen LogP contribution in [0.5, 0.6) is 5.75 Å². The minimum absolute atomic E-state index is 0.124. The summed E-state index contributed by atoms with van der Waals surface area (Å²) in [6.45, 7) is 1.96. The van der Waals surface area contributed by atoms with Gasteiger partial charge in [-0.15, -0.1) is 0 Å². The van der Waals surface area contributed by atoms with Crippen LogP contribution in [0.3, 0.4) is 0 Å². The van der Waals surface area contributed by atoms with E-state index in [1.54, 1.807) is 19.1 Å². The average molecular weight is 234 g/mol. The Morgan fingerprint density at radius 3 is 2.94 bits per heavy atom. The molecule has 2 rings (SSSR count). The monoisotopic (exact) mass is 234 g/mol. The van der Waals surface area contributed by atoms with Crippen LogP contribution in [-0.4, -0.2) is 25.0 Å². The molecule has 0 aromatic heterocycles. The molecule has 0 bridgehead atoms. The third kappa shape index (κ3) is 2.64. The van der Waals surface area contributed by atoms with Crippen molar-refractivity contribution in [2.24, 2.45) is 0 Å². The van der Waals surface area contributed by atoms with E-state index in [0.717, 1.165) is 12.0 Å². The number of hydrogen-bond acceptors (Lipinski definition) is 4. The molecule has 90 valence electrons. The molecule has 0 fully saturated rings. The predicted octanol–water partition coefficient (Wildman–Crippen LogP) is 1.76. The number of rotatable bonds is 4. The van der Waals surface area contributed by atoms with Crippen molar-refractivity contribution in [3.63, 3.8) is 0 Å². The van der Waals surface area contributed by atoms with Crippen LogP contribution in [-0.2, 0) is 16.0 Å². The lowest BCUT2D eigenvalue weighted by Gasteiger charge is -2.07. The van der Waals surface area contributed by atoms with Gasteiger partial charge < -0.3 is 9.47 Å². The summed E-state index contributed by atoms with van der Waals surface area (Å²) in [5.41, 5.74) is 1.77. The van der Waals surface area contributed by atoms with Gasteiger partial charge in [-0.2, -0.15) is 0 Å². The maximum atomic E-state index is 11.5. The molecule has 4 heteroatoms. The van der Waals surface area contributed by atoms with Crippen LogP contribution in [0.15, 0.2) is 18.2 Å². The molecule has 0 atom stereocenters. The molecule has 1 aromatic carbocycles. The number of fused-ring (bicyclic) bond motifs is 1. The highest BCUT2D eigenvalue weighted by atomic mass is 16.6. The fourth-order valence-electron chi connectivity index (χ4n) is 1.85. The van der Waals surface area contributed by atoms with Crippen molar-refractivity contribution in [2.75, 3.05) is 13.2 Å². The molecule has 4 nitrogen and oxygen atoms in total. The minimum atomic E-state index is -0.403. The number of carbonyl (C=O) groups is 2. The molecule has 1 aromatic rings. The fraction of sp³-hybridized carbons (Fsp3) is 0.385. The largest absolute Gasteiger partial charge is 0.482 e. The molecule has 0 saturated heterocycles. The van der Waals surface area contributed by atoms with E-state index >= 15 is 0 Å². The maximum Gasteiger partial charge on any atom is 0.344 e. The molecule has 1 aliphatic rings. The minimum Gasteiger partial charge on any atom is -0.482 e. The van der Waals surface area contributed by atoms with E-state index in [4.69, 9.17) is 9.47 Å². The number of hydrogen-bond donors (Lipinski definition) is 0. The lowest BCUT2D eigenvalue weighted by atomic mass is 10.1. The highest BCUT2D eigenvalue weighted by Gasteiger charge is 2.19. The first-order chi connectivity index (χ1) is 8.20. The molecule has 0 N–H and O–H groups in total. The van der Waals surface area contributed by atoms with Crippen molar-refractivity contribution in [1.82, 2.24) is 0 Å². The molecule has 0 heterocycles. The molecule has 1 aliphatic carbocycles. The Kier molecular flexibility index (Phi) is 3.42. The van der Waals surface area contributed by atoms with Crippen molar-refractivity contribution in [3.8, 4) is 5.75 Å². The Hall–Kier alpha value is -1.84. The van der Waals surface area contributed by atoms with Crippen LogP contribution in [0.25, 0.3) is 0 Å². The van der Waals surface area contributed by atoms with Crippen molar-refractivity contribution in [2.45, 2.75) is 19.8 Å². The molecule has 0 radical (unpaired) electrons. The zero-order chi connectivity index (χ0) is 12.3. The summed E-state index contributed by atoms with van der Waals surface area (Å²) in [5, 5.41) is 0. The Labute approximate surface area is 99.5 Å². The fourth-order valence-corrected chi connectivity index (χ4v) is 1.85. The van der Waals surface area contributed by atoms with Crippen LogP contribution < -0.4 is 4.74 Å². The number of ether oxygens (including phenoxy) is 2. The van der Waals surface area contributed by atoms with Crippen LogP contribution >= 0.6 is 0 Å². The second-order valence-corrected chi connectivity index (χ2v) is 3.84. The molecular formula is C13H14O4. The standard InChI is InChI=1S/C13H14O4/c1-2-16-13(15)8-17-10-5-3-9-4-6-12(14)11(9)7-10/h3,5,7H,2,4,6,8H2,1H3. The number of carbonyl (C=O) groups excluding carboxylic acids is 2. The first-order valence-corrected chi connectivity index (χ1v) is 5.65.